The molecule has 1 aromatic carbocycles. The van der Waals surface area contributed by atoms with Gasteiger partial charge >= 0.3 is 5.69 Å². The van der Waals surface area contributed by atoms with Gasteiger partial charge < -0.3 is 10.0 Å². The highest BCUT2D eigenvalue weighted by atomic mass is 19.1. The minimum absolute atomic E-state index is 0.198. The molecule has 1 aliphatic rings. The molecule has 8 heteroatoms. The molecule has 0 spiro atoms. The lowest BCUT2D eigenvalue weighted by Crippen LogP contribution is -2.40. The van der Waals surface area contributed by atoms with Gasteiger partial charge in [0.05, 0.1) is 22.7 Å². The lowest BCUT2D eigenvalue weighted by molar-refractivity contribution is -0.387. The average molecular weight is 286 g/mol. The second-order valence-corrected chi connectivity index (χ2v) is 4.57. The maximum absolute atomic E-state index is 13.9. The van der Waals surface area contributed by atoms with E-state index in [1.165, 1.54) is 4.90 Å². The van der Waals surface area contributed by atoms with Crippen LogP contribution in [0.15, 0.2) is 12.1 Å². The standard InChI is InChI=1S/C12H12F2N2O4/c13-7-5-9(11(14)10(6-7)16(19)20)12(18)15-3-1-8(17)2-4-15/h5-6,8,17H,1-4H2. The number of piperidine rings is 1. The highest BCUT2D eigenvalue weighted by molar-refractivity contribution is 5.95. The van der Waals surface area contributed by atoms with E-state index in [-0.39, 0.29) is 13.1 Å². The van der Waals surface area contributed by atoms with Crippen molar-refractivity contribution in [2.45, 2.75) is 18.9 Å². The maximum Gasteiger partial charge on any atom is 0.308 e. The van der Waals surface area contributed by atoms with E-state index in [1.54, 1.807) is 0 Å². The van der Waals surface area contributed by atoms with Crippen molar-refractivity contribution in [3.63, 3.8) is 0 Å². The number of nitro benzene ring substituents is 1. The zero-order chi connectivity index (χ0) is 14.9. The Hall–Kier alpha value is -2.09. The van der Waals surface area contributed by atoms with Crippen molar-refractivity contribution in [2.75, 3.05) is 13.1 Å². The van der Waals surface area contributed by atoms with Gasteiger partial charge in [-0.05, 0) is 18.9 Å². The Labute approximate surface area is 112 Å². The Morgan fingerprint density at radius 1 is 1.35 bits per heavy atom. The summed E-state index contributed by atoms with van der Waals surface area (Å²) in [5, 5.41) is 19.9. The summed E-state index contributed by atoms with van der Waals surface area (Å²) in [4.78, 5) is 22.8. The summed E-state index contributed by atoms with van der Waals surface area (Å²) >= 11 is 0. The molecule has 1 fully saturated rings. The first-order chi connectivity index (χ1) is 9.40. The number of hydrogen-bond acceptors (Lipinski definition) is 4. The molecule has 0 aliphatic carbocycles. The Bertz CT molecular complexity index is 557. The Kier molecular flexibility index (Phi) is 3.93. The number of halogens is 2. The van der Waals surface area contributed by atoms with Crippen molar-refractivity contribution in [2.24, 2.45) is 0 Å². The zero-order valence-corrected chi connectivity index (χ0v) is 10.4. The number of carbonyl (C=O) groups excluding carboxylic acids is 1. The van der Waals surface area contributed by atoms with Crippen LogP contribution in [0.1, 0.15) is 23.2 Å². The van der Waals surface area contributed by atoms with E-state index in [0.717, 1.165) is 0 Å². The van der Waals surface area contributed by atoms with Crippen LogP contribution >= 0.6 is 0 Å². The van der Waals surface area contributed by atoms with Gasteiger partial charge in [0.2, 0.25) is 5.82 Å². The van der Waals surface area contributed by atoms with Gasteiger partial charge in [-0.2, -0.15) is 4.39 Å². The number of aliphatic hydroxyl groups excluding tert-OH is 1. The van der Waals surface area contributed by atoms with Crippen molar-refractivity contribution in [1.29, 1.82) is 0 Å². The fraction of sp³-hybridized carbons (Fsp3) is 0.417. The summed E-state index contributed by atoms with van der Waals surface area (Å²) in [7, 11) is 0. The van der Waals surface area contributed by atoms with E-state index in [0.29, 0.717) is 25.0 Å². The molecule has 1 N–H and O–H groups in total. The van der Waals surface area contributed by atoms with Crippen LogP contribution in [0, 0.1) is 21.7 Å². The van der Waals surface area contributed by atoms with Crippen molar-refractivity contribution in [3.8, 4) is 0 Å². The lowest BCUT2D eigenvalue weighted by atomic mass is 10.1. The van der Waals surface area contributed by atoms with Crippen LogP contribution in [-0.2, 0) is 0 Å². The second-order valence-electron chi connectivity index (χ2n) is 4.57. The topological polar surface area (TPSA) is 83.7 Å². The van der Waals surface area contributed by atoms with Crippen LogP contribution in [0.5, 0.6) is 0 Å². The summed E-state index contributed by atoms with van der Waals surface area (Å²) < 4.78 is 27.2. The molecule has 0 atom stereocenters. The van der Waals surface area contributed by atoms with E-state index in [1.807, 2.05) is 0 Å². The predicted molar refractivity (Wildman–Crippen MR) is 64.2 cm³/mol. The van der Waals surface area contributed by atoms with E-state index in [4.69, 9.17) is 0 Å². The lowest BCUT2D eigenvalue weighted by Gasteiger charge is -2.29. The fourth-order valence-corrected chi connectivity index (χ4v) is 2.10. The Morgan fingerprint density at radius 3 is 2.50 bits per heavy atom. The molecule has 108 valence electrons. The molecule has 20 heavy (non-hydrogen) atoms. The van der Waals surface area contributed by atoms with Gasteiger partial charge in [-0.25, -0.2) is 4.39 Å². The Balaban J connectivity index is 2.32. The highest BCUT2D eigenvalue weighted by Gasteiger charge is 2.29. The number of nitro groups is 1. The third-order valence-corrected chi connectivity index (χ3v) is 3.20. The first kappa shape index (κ1) is 14.3. The first-order valence-corrected chi connectivity index (χ1v) is 6.01. The minimum Gasteiger partial charge on any atom is -0.393 e. The van der Waals surface area contributed by atoms with Gasteiger partial charge in [-0.3, -0.25) is 14.9 Å². The van der Waals surface area contributed by atoms with Crippen LogP contribution < -0.4 is 0 Å². The quantitative estimate of drug-likeness (QED) is 0.659. The first-order valence-electron chi connectivity index (χ1n) is 6.01. The molecule has 0 unspecified atom stereocenters. The van der Waals surface area contributed by atoms with Crippen LogP contribution in [-0.4, -0.2) is 40.0 Å². The molecule has 6 nitrogen and oxygen atoms in total. The summed E-state index contributed by atoms with van der Waals surface area (Å²) in [6.45, 7) is 0.396. The number of aliphatic hydroxyl groups is 1. The van der Waals surface area contributed by atoms with Crippen LogP contribution in [0.2, 0.25) is 0 Å². The number of nitrogens with zero attached hydrogens (tertiary/aromatic N) is 2. The van der Waals surface area contributed by atoms with Gasteiger partial charge in [0, 0.05) is 13.1 Å². The number of carbonyl (C=O) groups is 1. The molecule has 0 saturated carbocycles. The van der Waals surface area contributed by atoms with Gasteiger partial charge in [0.15, 0.2) is 0 Å². The van der Waals surface area contributed by atoms with E-state index < -0.39 is 39.8 Å². The van der Waals surface area contributed by atoms with Gasteiger partial charge in [-0.15, -0.1) is 0 Å². The predicted octanol–water partition coefficient (Wildman–Crippen LogP) is 1.47. The number of amides is 1. The average Bonchev–Trinajstić information content (AvgIpc) is 2.41. The number of rotatable bonds is 2. The monoisotopic (exact) mass is 286 g/mol. The molecule has 2 rings (SSSR count). The molecule has 1 aromatic rings. The van der Waals surface area contributed by atoms with Crippen molar-refractivity contribution >= 4 is 11.6 Å². The molecule has 1 aliphatic heterocycles. The van der Waals surface area contributed by atoms with Crippen LogP contribution in [0.25, 0.3) is 0 Å². The van der Waals surface area contributed by atoms with E-state index >= 15 is 0 Å². The second kappa shape index (κ2) is 5.49. The van der Waals surface area contributed by atoms with Crippen LogP contribution in [0.4, 0.5) is 14.5 Å². The molecule has 1 saturated heterocycles. The Morgan fingerprint density at radius 2 is 1.95 bits per heavy atom. The van der Waals surface area contributed by atoms with Gasteiger partial charge in [0.25, 0.3) is 5.91 Å². The van der Waals surface area contributed by atoms with Crippen LogP contribution in [0.3, 0.4) is 0 Å². The number of benzene rings is 1. The smallest absolute Gasteiger partial charge is 0.308 e. The van der Waals surface area contributed by atoms with E-state index in [9.17, 15) is 28.8 Å². The maximum atomic E-state index is 13.9. The van der Waals surface area contributed by atoms with Crippen molar-refractivity contribution < 1.29 is 23.6 Å². The van der Waals surface area contributed by atoms with Gasteiger partial charge in [-0.1, -0.05) is 0 Å². The fourth-order valence-electron chi connectivity index (χ4n) is 2.10. The third-order valence-electron chi connectivity index (χ3n) is 3.20. The molecular weight excluding hydrogens is 274 g/mol. The molecule has 1 heterocycles. The summed E-state index contributed by atoms with van der Waals surface area (Å²) in [6.07, 6.45) is 0.154. The molecule has 0 bridgehead atoms. The zero-order valence-electron chi connectivity index (χ0n) is 10.4. The van der Waals surface area contributed by atoms with E-state index in [2.05, 4.69) is 0 Å². The SMILES string of the molecule is O=C(c1cc(F)cc([N+](=O)[O-])c1F)N1CCC(O)CC1. The number of hydrogen-bond donors (Lipinski definition) is 1. The minimum atomic E-state index is -1.34. The van der Waals surface area contributed by atoms with Gasteiger partial charge in [0.1, 0.15) is 5.82 Å². The summed E-state index contributed by atoms with van der Waals surface area (Å²) in [6, 6.07) is 1.09. The molecule has 0 radical (unpaired) electrons. The third kappa shape index (κ3) is 2.74. The van der Waals surface area contributed by atoms with Crippen molar-refractivity contribution in [1.82, 2.24) is 4.90 Å². The normalized spacial score (nSPS) is 16.2. The summed E-state index contributed by atoms with van der Waals surface area (Å²) in [5.74, 6) is -3.19. The summed E-state index contributed by atoms with van der Waals surface area (Å²) in [5.41, 5.74) is -1.72. The number of likely N-dealkylation sites (tertiary alicyclic amines) is 1. The molecule has 1 amide bonds. The molecule has 0 aromatic heterocycles. The largest absolute Gasteiger partial charge is 0.393 e. The molecular formula is C12H12F2N2O4. The van der Waals surface area contributed by atoms with Crippen molar-refractivity contribution in [3.05, 3.63) is 39.4 Å². The highest BCUT2D eigenvalue weighted by Crippen LogP contribution is 2.24.